The molecule has 0 aromatic heterocycles. The summed E-state index contributed by atoms with van der Waals surface area (Å²) in [5.41, 5.74) is 0. The van der Waals surface area contributed by atoms with Crippen molar-refractivity contribution in [1.29, 1.82) is 0 Å². The Hall–Kier alpha value is -0.120. The van der Waals surface area contributed by atoms with Gasteiger partial charge in [0.2, 0.25) is 0 Å². The normalized spacial score (nSPS) is 28.8. The lowest BCUT2D eigenvalue weighted by Crippen LogP contribution is -2.49. The molecule has 1 aliphatic heterocycles. The lowest BCUT2D eigenvalue weighted by atomic mass is 10.1. The summed E-state index contributed by atoms with van der Waals surface area (Å²) >= 11 is 0. The standard InChI is InChI=1S/C7H16N2O/c1-9-4-3-8-6-7(9)2-5-10/h7-8,10H,2-6H2,1H3/t7-/m1/s1. The zero-order valence-corrected chi connectivity index (χ0v) is 6.51. The Kier molecular flexibility index (Phi) is 3.12. The highest BCUT2D eigenvalue weighted by Crippen LogP contribution is 2.02. The first-order valence-corrected chi connectivity index (χ1v) is 3.86. The van der Waals surface area contributed by atoms with Gasteiger partial charge in [-0.15, -0.1) is 0 Å². The van der Waals surface area contributed by atoms with Crippen LogP contribution in [0.4, 0.5) is 0 Å². The fourth-order valence-corrected chi connectivity index (χ4v) is 1.33. The molecule has 0 unspecified atom stereocenters. The molecule has 0 radical (unpaired) electrons. The van der Waals surface area contributed by atoms with Crippen molar-refractivity contribution >= 4 is 0 Å². The Morgan fingerprint density at radius 3 is 3.10 bits per heavy atom. The minimum Gasteiger partial charge on any atom is -0.396 e. The highest BCUT2D eigenvalue weighted by molar-refractivity contribution is 4.76. The van der Waals surface area contributed by atoms with Gasteiger partial charge in [0, 0.05) is 32.3 Å². The van der Waals surface area contributed by atoms with Crippen molar-refractivity contribution in [3.8, 4) is 0 Å². The van der Waals surface area contributed by atoms with Gasteiger partial charge in [-0.3, -0.25) is 0 Å². The molecule has 1 saturated heterocycles. The number of piperazine rings is 1. The molecule has 2 N–H and O–H groups in total. The molecule has 0 aliphatic carbocycles. The third-order valence-corrected chi connectivity index (χ3v) is 2.11. The van der Waals surface area contributed by atoms with Crippen LogP contribution in [0.15, 0.2) is 0 Å². The first-order valence-electron chi connectivity index (χ1n) is 3.86. The topological polar surface area (TPSA) is 35.5 Å². The predicted molar refractivity (Wildman–Crippen MR) is 41.0 cm³/mol. The smallest absolute Gasteiger partial charge is 0.0446 e. The summed E-state index contributed by atoms with van der Waals surface area (Å²) in [5, 5.41) is 12.0. The number of aliphatic hydroxyl groups excluding tert-OH is 1. The van der Waals surface area contributed by atoms with E-state index in [4.69, 9.17) is 5.11 Å². The van der Waals surface area contributed by atoms with E-state index in [1.165, 1.54) is 0 Å². The molecule has 3 nitrogen and oxygen atoms in total. The lowest BCUT2D eigenvalue weighted by Gasteiger charge is -2.32. The molecule has 3 heteroatoms. The van der Waals surface area contributed by atoms with Gasteiger partial charge in [0.05, 0.1) is 0 Å². The van der Waals surface area contributed by atoms with Gasteiger partial charge >= 0.3 is 0 Å². The summed E-state index contributed by atoms with van der Waals surface area (Å²) in [6, 6.07) is 0.541. The minimum absolute atomic E-state index is 0.302. The van der Waals surface area contributed by atoms with Gasteiger partial charge in [0.15, 0.2) is 0 Å². The van der Waals surface area contributed by atoms with Crippen molar-refractivity contribution in [2.45, 2.75) is 12.5 Å². The van der Waals surface area contributed by atoms with E-state index >= 15 is 0 Å². The van der Waals surface area contributed by atoms with E-state index in [1.807, 2.05) is 0 Å². The summed E-state index contributed by atoms with van der Waals surface area (Å²) in [4.78, 5) is 2.30. The highest BCUT2D eigenvalue weighted by atomic mass is 16.3. The molecule has 1 atom stereocenters. The zero-order valence-electron chi connectivity index (χ0n) is 6.51. The van der Waals surface area contributed by atoms with Crippen LogP contribution in [-0.2, 0) is 0 Å². The fraction of sp³-hybridized carbons (Fsp3) is 1.00. The first-order chi connectivity index (χ1) is 4.84. The van der Waals surface area contributed by atoms with Crippen LogP contribution in [0.3, 0.4) is 0 Å². The molecule has 0 bridgehead atoms. The highest BCUT2D eigenvalue weighted by Gasteiger charge is 2.16. The molecule has 0 aromatic carbocycles. The number of aliphatic hydroxyl groups is 1. The Morgan fingerprint density at radius 2 is 2.50 bits per heavy atom. The number of hydrogen-bond acceptors (Lipinski definition) is 3. The van der Waals surface area contributed by atoms with Crippen LogP contribution in [0, 0.1) is 0 Å². The van der Waals surface area contributed by atoms with Crippen LogP contribution in [-0.4, -0.2) is 49.3 Å². The third kappa shape index (κ3) is 1.94. The van der Waals surface area contributed by atoms with Crippen LogP contribution in [0.25, 0.3) is 0 Å². The molecule has 0 aromatic rings. The van der Waals surface area contributed by atoms with Crippen molar-refractivity contribution in [3.05, 3.63) is 0 Å². The second-order valence-electron chi connectivity index (χ2n) is 2.85. The van der Waals surface area contributed by atoms with E-state index in [2.05, 4.69) is 17.3 Å². The Bertz CT molecular complexity index is 95.6. The van der Waals surface area contributed by atoms with Crippen molar-refractivity contribution < 1.29 is 5.11 Å². The lowest BCUT2D eigenvalue weighted by molar-refractivity contribution is 0.158. The van der Waals surface area contributed by atoms with Crippen LogP contribution in [0.2, 0.25) is 0 Å². The molecule has 1 heterocycles. The average Bonchev–Trinajstić information content (AvgIpc) is 1.94. The number of nitrogens with zero attached hydrogens (tertiary/aromatic N) is 1. The molecule has 1 aliphatic rings. The van der Waals surface area contributed by atoms with E-state index < -0.39 is 0 Å². The average molecular weight is 144 g/mol. The van der Waals surface area contributed by atoms with Crippen molar-refractivity contribution in [2.75, 3.05) is 33.3 Å². The number of rotatable bonds is 2. The SMILES string of the molecule is CN1CCNC[C@H]1CCO. The van der Waals surface area contributed by atoms with E-state index in [1.54, 1.807) is 0 Å². The van der Waals surface area contributed by atoms with Crippen molar-refractivity contribution in [2.24, 2.45) is 0 Å². The fourth-order valence-electron chi connectivity index (χ4n) is 1.33. The van der Waals surface area contributed by atoms with Gasteiger partial charge in [0.25, 0.3) is 0 Å². The van der Waals surface area contributed by atoms with Crippen LogP contribution >= 0.6 is 0 Å². The van der Waals surface area contributed by atoms with Crippen molar-refractivity contribution in [3.63, 3.8) is 0 Å². The molecular formula is C7H16N2O. The quantitative estimate of drug-likeness (QED) is 0.536. The summed E-state index contributed by atoms with van der Waals surface area (Å²) in [5.74, 6) is 0. The molecule has 0 saturated carbocycles. The van der Waals surface area contributed by atoms with Gasteiger partial charge in [-0.2, -0.15) is 0 Å². The summed E-state index contributed by atoms with van der Waals surface area (Å²) < 4.78 is 0. The molecule has 0 amide bonds. The first kappa shape index (κ1) is 7.98. The molecule has 10 heavy (non-hydrogen) atoms. The van der Waals surface area contributed by atoms with Crippen LogP contribution < -0.4 is 5.32 Å². The Balaban J connectivity index is 2.25. The van der Waals surface area contributed by atoms with E-state index in [-0.39, 0.29) is 0 Å². The second-order valence-corrected chi connectivity index (χ2v) is 2.85. The van der Waals surface area contributed by atoms with E-state index in [0.29, 0.717) is 12.6 Å². The monoisotopic (exact) mass is 144 g/mol. The third-order valence-electron chi connectivity index (χ3n) is 2.11. The Morgan fingerprint density at radius 1 is 1.70 bits per heavy atom. The maximum Gasteiger partial charge on any atom is 0.0446 e. The number of nitrogens with one attached hydrogen (secondary N) is 1. The predicted octanol–water partition coefficient (Wildman–Crippen LogP) is -0.728. The van der Waals surface area contributed by atoms with E-state index in [9.17, 15) is 0 Å². The van der Waals surface area contributed by atoms with Gasteiger partial charge in [-0.05, 0) is 13.5 Å². The Labute approximate surface area is 62.0 Å². The molecule has 60 valence electrons. The van der Waals surface area contributed by atoms with Crippen LogP contribution in [0.1, 0.15) is 6.42 Å². The minimum atomic E-state index is 0.302. The second kappa shape index (κ2) is 3.91. The van der Waals surface area contributed by atoms with Gasteiger partial charge in [0.1, 0.15) is 0 Å². The van der Waals surface area contributed by atoms with Crippen molar-refractivity contribution in [1.82, 2.24) is 10.2 Å². The van der Waals surface area contributed by atoms with E-state index in [0.717, 1.165) is 26.1 Å². The number of hydrogen-bond donors (Lipinski definition) is 2. The zero-order chi connectivity index (χ0) is 7.40. The molecule has 1 rings (SSSR count). The maximum absolute atomic E-state index is 8.68. The summed E-state index contributed by atoms with van der Waals surface area (Å²) in [7, 11) is 2.11. The van der Waals surface area contributed by atoms with Crippen LogP contribution in [0.5, 0.6) is 0 Å². The van der Waals surface area contributed by atoms with Gasteiger partial charge < -0.3 is 15.3 Å². The number of likely N-dealkylation sites (N-methyl/N-ethyl adjacent to an activating group) is 1. The molecule has 0 spiro atoms. The summed E-state index contributed by atoms with van der Waals surface area (Å²) in [6.45, 7) is 3.51. The van der Waals surface area contributed by atoms with Gasteiger partial charge in [-0.25, -0.2) is 0 Å². The summed E-state index contributed by atoms with van der Waals surface area (Å²) in [6.07, 6.45) is 0.892. The largest absolute Gasteiger partial charge is 0.396 e. The van der Waals surface area contributed by atoms with Gasteiger partial charge in [-0.1, -0.05) is 0 Å². The maximum atomic E-state index is 8.68. The molecular weight excluding hydrogens is 128 g/mol. The molecule has 1 fully saturated rings.